The topological polar surface area (TPSA) is 100 Å². The molecular formula is C12H22N4O3S. The second kappa shape index (κ2) is 6.94. The van der Waals surface area contributed by atoms with Crippen molar-refractivity contribution in [3.8, 4) is 0 Å². The number of aliphatic carboxylic acids is 1. The predicted octanol–water partition coefficient (Wildman–Crippen LogP) is 0.822. The van der Waals surface area contributed by atoms with Crippen molar-refractivity contribution in [2.75, 3.05) is 6.54 Å². The van der Waals surface area contributed by atoms with Gasteiger partial charge in [-0.2, -0.15) is 0 Å². The zero-order valence-corrected chi connectivity index (χ0v) is 13.1. The van der Waals surface area contributed by atoms with Crippen molar-refractivity contribution in [2.45, 2.75) is 49.6 Å². The van der Waals surface area contributed by atoms with E-state index in [1.807, 2.05) is 13.8 Å². The number of H-pyrrole nitrogens is 1. The molecule has 2 unspecified atom stereocenters. The monoisotopic (exact) mass is 302 g/mol. The SMILES string of the molecule is CCCNC(C)(CC(C)Sc1n[nH]c(=O)n1C)C(=O)O. The molecule has 0 aliphatic carbocycles. The van der Waals surface area contributed by atoms with Gasteiger partial charge in [0.1, 0.15) is 5.54 Å². The highest BCUT2D eigenvalue weighted by atomic mass is 32.2. The number of carbonyl (C=O) groups is 1. The second-order valence-corrected chi connectivity index (χ2v) is 6.47. The van der Waals surface area contributed by atoms with E-state index in [1.54, 1.807) is 14.0 Å². The van der Waals surface area contributed by atoms with E-state index in [9.17, 15) is 14.7 Å². The molecule has 0 fully saturated rings. The largest absolute Gasteiger partial charge is 0.480 e. The lowest BCUT2D eigenvalue weighted by molar-refractivity contribution is -0.144. The van der Waals surface area contributed by atoms with Crippen LogP contribution in [-0.4, -0.2) is 43.2 Å². The van der Waals surface area contributed by atoms with Gasteiger partial charge >= 0.3 is 11.7 Å². The molecular weight excluding hydrogens is 280 g/mol. The summed E-state index contributed by atoms with van der Waals surface area (Å²) in [5.41, 5.74) is -1.25. The molecule has 1 aromatic heterocycles. The molecule has 0 amide bonds. The Hall–Kier alpha value is -1.28. The zero-order chi connectivity index (χ0) is 15.3. The Morgan fingerprint density at radius 3 is 2.75 bits per heavy atom. The lowest BCUT2D eigenvalue weighted by Crippen LogP contribution is -2.51. The highest BCUT2D eigenvalue weighted by Gasteiger charge is 2.34. The van der Waals surface area contributed by atoms with E-state index >= 15 is 0 Å². The highest BCUT2D eigenvalue weighted by Crippen LogP contribution is 2.26. The fourth-order valence-electron chi connectivity index (χ4n) is 1.87. The van der Waals surface area contributed by atoms with E-state index in [0.29, 0.717) is 18.1 Å². The molecule has 0 aromatic carbocycles. The Labute approximate surface area is 122 Å². The standard InChI is InChI=1S/C12H22N4O3S/c1-5-6-13-12(3,9(17)18)7-8(2)20-11-15-14-10(19)16(11)4/h8,13H,5-7H2,1-4H3,(H,14,19)(H,17,18). The maximum absolute atomic E-state index is 11.4. The van der Waals surface area contributed by atoms with Gasteiger partial charge in [-0.25, -0.2) is 9.89 Å². The molecule has 7 nitrogen and oxygen atoms in total. The van der Waals surface area contributed by atoms with E-state index in [2.05, 4.69) is 15.5 Å². The van der Waals surface area contributed by atoms with E-state index < -0.39 is 11.5 Å². The van der Waals surface area contributed by atoms with Gasteiger partial charge in [0, 0.05) is 12.3 Å². The highest BCUT2D eigenvalue weighted by molar-refractivity contribution is 7.99. The molecule has 0 aliphatic heterocycles. The van der Waals surface area contributed by atoms with Gasteiger partial charge < -0.3 is 10.4 Å². The minimum atomic E-state index is -0.975. The first-order valence-corrected chi connectivity index (χ1v) is 7.44. The molecule has 0 saturated heterocycles. The number of aromatic nitrogens is 3. The van der Waals surface area contributed by atoms with Gasteiger partial charge in [-0.05, 0) is 26.3 Å². The lowest BCUT2D eigenvalue weighted by atomic mass is 9.96. The van der Waals surface area contributed by atoms with Crippen molar-refractivity contribution >= 4 is 17.7 Å². The third-order valence-electron chi connectivity index (χ3n) is 3.08. The van der Waals surface area contributed by atoms with Crippen LogP contribution in [0.2, 0.25) is 0 Å². The molecule has 1 heterocycles. The van der Waals surface area contributed by atoms with Crippen LogP contribution in [0.4, 0.5) is 0 Å². The number of nitrogens with zero attached hydrogens (tertiary/aromatic N) is 2. The first-order valence-electron chi connectivity index (χ1n) is 6.56. The van der Waals surface area contributed by atoms with Crippen LogP contribution in [0.15, 0.2) is 9.95 Å². The van der Waals surface area contributed by atoms with Crippen molar-refractivity contribution in [2.24, 2.45) is 7.05 Å². The summed E-state index contributed by atoms with van der Waals surface area (Å²) in [7, 11) is 1.63. The van der Waals surface area contributed by atoms with Gasteiger partial charge in [0.25, 0.3) is 0 Å². The molecule has 0 spiro atoms. The first kappa shape index (κ1) is 16.8. The number of nitrogens with one attached hydrogen (secondary N) is 2. The normalized spacial score (nSPS) is 15.8. The molecule has 0 radical (unpaired) electrons. The maximum Gasteiger partial charge on any atom is 0.343 e. The summed E-state index contributed by atoms with van der Waals surface area (Å²) in [5.74, 6) is -0.866. The van der Waals surface area contributed by atoms with Crippen LogP contribution < -0.4 is 11.0 Å². The molecule has 0 bridgehead atoms. The number of carboxylic acids is 1. The Balaban J connectivity index is 2.71. The van der Waals surface area contributed by atoms with Crippen molar-refractivity contribution in [1.29, 1.82) is 0 Å². The van der Waals surface area contributed by atoms with Gasteiger partial charge in [-0.1, -0.05) is 25.6 Å². The molecule has 1 rings (SSSR count). The summed E-state index contributed by atoms with van der Waals surface area (Å²) in [6.07, 6.45) is 1.31. The number of hydrogen-bond acceptors (Lipinski definition) is 5. The fraction of sp³-hybridized carbons (Fsp3) is 0.750. The quantitative estimate of drug-likeness (QED) is 0.615. The number of thioether (sulfide) groups is 1. The van der Waals surface area contributed by atoms with Gasteiger partial charge in [-0.3, -0.25) is 9.36 Å². The Kier molecular flexibility index (Phi) is 5.82. The predicted molar refractivity (Wildman–Crippen MR) is 78.1 cm³/mol. The van der Waals surface area contributed by atoms with Crippen molar-refractivity contribution in [3.63, 3.8) is 0 Å². The number of hydrogen-bond donors (Lipinski definition) is 3. The summed E-state index contributed by atoms with van der Waals surface area (Å²) < 4.78 is 1.42. The molecule has 3 N–H and O–H groups in total. The van der Waals surface area contributed by atoms with Crippen LogP contribution in [0.25, 0.3) is 0 Å². The summed E-state index contributed by atoms with van der Waals surface area (Å²) in [6.45, 7) is 6.26. The van der Waals surface area contributed by atoms with Crippen LogP contribution in [0.3, 0.4) is 0 Å². The van der Waals surface area contributed by atoms with Crippen LogP contribution in [0.1, 0.15) is 33.6 Å². The fourth-order valence-corrected chi connectivity index (χ4v) is 2.99. The van der Waals surface area contributed by atoms with Gasteiger partial charge in [0.2, 0.25) is 0 Å². The molecule has 0 aliphatic rings. The van der Waals surface area contributed by atoms with E-state index in [1.165, 1.54) is 16.3 Å². The molecule has 8 heteroatoms. The third kappa shape index (κ3) is 4.11. The average molecular weight is 302 g/mol. The van der Waals surface area contributed by atoms with Gasteiger partial charge in [-0.15, -0.1) is 5.10 Å². The van der Waals surface area contributed by atoms with Gasteiger partial charge in [0.05, 0.1) is 0 Å². The summed E-state index contributed by atoms with van der Waals surface area (Å²) in [6, 6.07) is 0. The number of rotatable bonds is 8. The first-order chi connectivity index (χ1) is 9.30. The van der Waals surface area contributed by atoms with E-state index in [-0.39, 0.29) is 10.9 Å². The molecule has 114 valence electrons. The van der Waals surface area contributed by atoms with Crippen molar-refractivity contribution < 1.29 is 9.90 Å². The lowest BCUT2D eigenvalue weighted by Gasteiger charge is -2.28. The number of carboxylic acid groups (broad SMARTS) is 1. The minimum absolute atomic E-state index is 0.00866. The Bertz CT molecular complexity index is 513. The molecule has 2 atom stereocenters. The zero-order valence-electron chi connectivity index (χ0n) is 12.3. The Morgan fingerprint density at radius 2 is 2.30 bits per heavy atom. The number of aromatic amines is 1. The van der Waals surface area contributed by atoms with Gasteiger partial charge in [0.15, 0.2) is 5.16 Å². The minimum Gasteiger partial charge on any atom is -0.480 e. The van der Waals surface area contributed by atoms with E-state index in [4.69, 9.17) is 0 Å². The molecule has 20 heavy (non-hydrogen) atoms. The maximum atomic E-state index is 11.4. The summed E-state index contributed by atoms with van der Waals surface area (Å²) in [5, 5.41) is 19.3. The molecule has 1 aromatic rings. The van der Waals surface area contributed by atoms with E-state index in [0.717, 1.165) is 6.42 Å². The van der Waals surface area contributed by atoms with Crippen LogP contribution >= 0.6 is 11.8 Å². The Morgan fingerprint density at radius 1 is 1.65 bits per heavy atom. The smallest absolute Gasteiger partial charge is 0.343 e. The van der Waals surface area contributed by atoms with Crippen LogP contribution in [-0.2, 0) is 11.8 Å². The summed E-state index contributed by atoms with van der Waals surface area (Å²) >= 11 is 1.39. The van der Waals surface area contributed by atoms with Crippen LogP contribution in [0, 0.1) is 0 Å². The van der Waals surface area contributed by atoms with Crippen molar-refractivity contribution in [3.05, 3.63) is 10.5 Å². The molecule has 0 saturated carbocycles. The average Bonchev–Trinajstić information content (AvgIpc) is 2.68. The second-order valence-electron chi connectivity index (χ2n) is 5.07. The van der Waals surface area contributed by atoms with Crippen molar-refractivity contribution in [1.82, 2.24) is 20.1 Å². The third-order valence-corrected chi connectivity index (χ3v) is 4.22. The summed E-state index contributed by atoms with van der Waals surface area (Å²) in [4.78, 5) is 22.7. The van der Waals surface area contributed by atoms with Crippen LogP contribution in [0.5, 0.6) is 0 Å².